The maximum Gasteiger partial charge on any atom is 0.258 e. The number of nitrogens with zero attached hydrogens (tertiary/aromatic N) is 8. The number of piperazine rings is 1. The van der Waals surface area contributed by atoms with Gasteiger partial charge in [-0.15, -0.1) is 0 Å². The molecule has 4 aliphatic rings. The summed E-state index contributed by atoms with van der Waals surface area (Å²) < 4.78 is 56.5. The number of imide groups is 1. The lowest BCUT2D eigenvalue weighted by Crippen LogP contribution is -2.60. The van der Waals surface area contributed by atoms with E-state index in [0.717, 1.165) is 36.2 Å². The minimum atomic E-state index is -1.48. The number of aromatic nitrogens is 5. The van der Waals surface area contributed by atoms with E-state index in [1.807, 2.05) is 41.6 Å². The molecule has 0 radical (unpaired) electrons. The van der Waals surface area contributed by atoms with Crippen LogP contribution in [0, 0.1) is 24.5 Å². The van der Waals surface area contributed by atoms with Crippen molar-refractivity contribution in [3.8, 4) is 17.1 Å². The number of halogens is 3. The highest BCUT2D eigenvalue weighted by Crippen LogP contribution is 2.36. The van der Waals surface area contributed by atoms with Crippen LogP contribution in [0.25, 0.3) is 22.3 Å². The van der Waals surface area contributed by atoms with Gasteiger partial charge in [-0.05, 0) is 81.0 Å². The summed E-state index contributed by atoms with van der Waals surface area (Å²) in [6, 6.07) is 10.7. The van der Waals surface area contributed by atoms with Gasteiger partial charge in [-0.1, -0.05) is 6.92 Å². The third kappa shape index (κ3) is 7.81. The molecule has 324 valence electrons. The minimum absolute atomic E-state index is 0.00405. The molecule has 18 heteroatoms. The number of fused-ring (bicyclic) bond motifs is 7. The van der Waals surface area contributed by atoms with Crippen LogP contribution < -0.4 is 25.2 Å². The zero-order valence-corrected chi connectivity index (χ0v) is 34.7. The zero-order chi connectivity index (χ0) is 43.4. The molecule has 1 unspecified atom stereocenters. The molecular weight excluding hydrogens is 806 g/mol. The zero-order valence-electron chi connectivity index (χ0n) is 34.7. The van der Waals surface area contributed by atoms with E-state index in [1.54, 1.807) is 32.8 Å². The van der Waals surface area contributed by atoms with Crippen LogP contribution in [0.3, 0.4) is 0 Å². The average Bonchev–Trinajstić information content (AvgIpc) is 3.77. The van der Waals surface area contributed by atoms with Gasteiger partial charge in [0.25, 0.3) is 5.91 Å². The first kappa shape index (κ1) is 40.9. The molecule has 3 fully saturated rings. The Hall–Kier alpha value is -6.46. The number of amides is 4. The summed E-state index contributed by atoms with van der Waals surface area (Å²) in [5.74, 6) is -3.65. The van der Waals surface area contributed by atoms with Crippen LogP contribution in [0.5, 0.6) is 5.88 Å². The van der Waals surface area contributed by atoms with Crippen molar-refractivity contribution in [2.24, 2.45) is 13.0 Å². The number of nitrogens with one attached hydrogen (secondary N) is 2. The van der Waals surface area contributed by atoms with Crippen LogP contribution >= 0.6 is 0 Å². The van der Waals surface area contributed by atoms with Crippen molar-refractivity contribution in [1.29, 1.82) is 0 Å². The number of imidazole rings is 1. The van der Waals surface area contributed by atoms with Crippen molar-refractivity contribution in [1.82, 2.24) is 34.5 Å². The van der Waals surface area contributed by atoms with Crippen molar-refractivity contribution < 1.29 is 37.1 Å². The number of piperidine rings is 2. The largest absolute Gasteiger partial charge is 0.477 e. The number of benzene rings is 2. The Balaban J connectivity index is 0.899. The molecule has 9 rings (SSSR count). The van der Waals surface area contributed by atoms with Crippen LogP contribution in [0.4, 0.5) is 30.5 Å². The standard InChI is InChI=1S/C44H47F3N10O5/c1-24-5-4-14-62-43-30(20-48-53(43)3)35-16-26(15-25(2)49-35)41(60)52-44-50-34-8-6-27(19-37(34)57(44)21-24)55-12-13-56(39(59)23-55)36-10-11-54(22-33(36)47)28-17-31(45)40(32(46)18-28)29-7-9-38(58)51-42(29)61/h6,8,15-20,24,29,33,36H,4-5,7,9-14,21-23H2,1-3H3,(H,50,52,60)(H,51,58,61)/t24-,29-,33-,36?/m1/s1. The Bertz CT molecular complexity index is 2590. The summed E-state index contributed by atoms with van der Waals surface area (Å²) in [5, 5.41) is 9.56. The van der Waals surface area contributed by atoms with Gasteiger partial charge in [0.15, 0.2) is 0 Å². The van der Waals surface area contributed by atoms with Gasteiger partial charge in [0.2, 0.25) is 29.5 Å². The van der Waals surface area contributed by atoms with E-state index < -0.39 is 47.1 Å². The molecule has 7 heterocycles. The summed E-state index contributed by atoms with van der Waals surface area (Å²) in [6.45, 7) is 5.82. The highest BCUT2D eigenvalue weighted by Gasteiger charge is 2.39. The quantitative estimate of drug-likeness (QED) is 0.228. The second-order valence-electron chi connectivity index (χ2n) is 16.8. The van der Waals surface area contributed by atoms with Crippen molar-refractivity contribution >= 4 is 52.0 Å². The Morgan fingerprint density at radius 2 is 1.68 bits per heavy atom. The number of hydrogen-bond acceptors (Lipinski definition) is 10. The summed E-state index contributed by atoms with van der Waals surface area (Å²) >= 11 is 0. The Labute approximate surface area is 355 Å². The molecule has 3 aromatic heterocycles. The van der Waals surface area contributed by atoms with Gasteiger partial charge >= 0.3 is 0 Å². The maximum absolute atomic E-state index is 16.0. The first-order chi connectivity index (χ1) is 29.8. The molecule has 0 saturated carbocycles. The first-order valence-electron chi connectivity index (χ1n) is 21.0. The normalized spacial score (nSPS) is 22.6. The number of anilines is 3. The van der Waals surface area contributed by atoms with E-state index in [0.29, 0.717) is 59.6 Å². The molecule has 15 nitrogen and oxygen atoms in total. The number of carbonyl (C=O) groups is 4. The van der Waals surface area contributed by atoms with Crippen LogP contribution in [0.2, 0.25) is 0 Å². The average molecular weight is 853 g/mol. The van der Waals surface area contributed by atoms with Gasteiger partial charge in [-0.25, -0.2) is 22.8 Å². The Morgan fingerprint density at radius 1 is 0.871 bits per heavy atom. The van der Waals surface area contributed by atoms with Crippen molar-refractivity contribution in [3.05, 3.63) is 77.1 Å². The van der Waals surface area contributed by atoms with Crippen molar-refractivity contribution in [2.45, 2.75) is 70.6 Å². The lowest BCUT2D eigenvalue weighted by molar-refractivity contribution is -0.136. The SMILES string of the molecule is Cc1cc2cc(n1)-c1cnn(C)c1OCCC[C@@H](C)Cn1c(nc3ccc(N4CCN(C5CCN(c6cc(F)c([C@H]7CCC(=O)NC7=O)c(F)c6)C[C@H]5F)C(=O)C4)cc31)NC2=O. The van der Waals surface area contributed by atoms with E-state index in [4.69, 9.17) is 9.72 Å². The molecule has 2 aromatic carbocycles. The van der Waals surface area contributed by atoms with Crippen molar-refractivity contribution in [3.63, 3.8) is 0 Å². The predicted molar refractivity (Wildman–Crippen MR) is 224 cm³/mol. The van der Waals surface area contributed by atoms with E-state index in [1.165, 1.54) is 0 Å². The van der Waals surface area contributed by atoms with Crippen LogP contribution in [0.1, 0.15) is 66.6 Å². The fraction of sp³-hybridized carbons (Fsp3) is 0.432. The van der Waals surface area contributed by atoms with Gasteiger partial charge in [-0.3, -0.25) is 34.8 Å². The van der Waals surface area contributed by atoms with Gasteiger partial charge in [0, 0.05) is 67.8 Å². The monoisotopic (exact) mass is 852 g/mol. The fourth-order valence-corrected chi connectivity index (χ4v) is 9.27. The molecule has 62 heavy (non-hydrogen) atoms. The summed E-state index contributed by atoms with van der Waals surface area (Å²) in [5.41, 5.74) is 4.33. The Morgan fingerprint density at radius 3 is 2.44 bits per heavy atom. The van der Waals surface area contributed by atoms with Gasteiger partial charge in [0.05, 0.1) is 60.1 Å². The Kier molecular flexibility index (Phi) is 10.8. The minimum Gasteiger partial charge on any atom is -0.477 e. The van der Waals surface area contributed by atoms with Gasteiger partial charge < -0.3 is 24.0 Å². The molecule has 5 aromatic rings. The highest BCUT2D eigenvalue weighted by molar-refractivity contribution is 6.05. The molecule has 2 bridgehead atoms. The fourth-order valence-electron chi connectivity index (χ4n) is 9.27. The predicted octanol–water partition coefficient (Wildman–Crippen LogP) is 5.27. The van der Waals surface area contributed by atoms with Gasteiger partial charge in [0.1, 0.15) is 17.8 Å². The molecule has 4 atom stereocenters. The lowest BCUT2D eigenvalue weighted by atomic mass is 9.89. The molecule has 2 N–H and O–H groups in total. The van der Waals surface area contributed by atoms with Crippen LogP contribution in [-0.4, -0.2) is 104 Å². The number of carbonyl (C=O) groups excluding carboxylic acids is 4. The lowest BCUT2D eigenvalue weighted by Gasteiger charge is -2.45. The van der Waals surface area contributed by atoms with E-state index >= 15 is 13.2 Å². The summed E-state index contributed by atoms with van der Waals surface area (Å²) in [7, 11) is 1.81. The number of rotatable bonds is 4. The second-order valence-corrected chi connectivity index (χ2v) is 16.8. The molecule has 0 spiro atoms. The van der Waals surface area contributed by atoms with Crippen molar-refractivity contribution in [2.75, 3.05) is 54.4 Å². The molecule has 4 amide bonds. The van der Waals surface area contributed by atoms with E-state index in [-0.39, 0.29) is 68.9 Å². The highest BCUT2D eigenvalue weighted by atomic mass is 19.1. The number of aryl methyl sites for hydroxylation is 2. The number of ether oxygens (including phenoxy) is 1. The second kappa shape index (κ2) is 16.4. The number of pyridine rings is 1. The number of alkyl halides is 1. The molecule has 3 saturated heterocycles. The van der Waals surface area contributed by atoms with E-state index in [2.05, 4.69) is 27.6 Å². The topological polar surface area (TPSA) is 160 Å². The molecule has 4 aliphatic heterocycles. The number of hydrogen-bond donors (Lipinski definition) is 2. The molecule has 0 aliphatic carbocycles. The third-order valence-corrected chi connectivity index (χ3v) is 12.5. The van der Waals surface area contributed by atoms with Crippen LogP contribution in [0.15, 0.2) is 48.7 Å². The summed E-state index contributed by atoms with van der Waals surface area (Å²) in [4.78, 5) is 66.1. The first-order valence-corrected chi connectivity index (χ1v) is 21.0. The molecular formula is C44H47F3N10O5. The summed E-state index contributed by atoms with van der Waals surface area (Å²) in [6.07, 6.45) is 2.04. The maximum atomic E-state index is 16.0. The van der Waals surface area contributed by atoms with Gasteiger partial charge in [-0.2, -0.15) is 5.10 Å². The van der Waals surface area contributed by atoms with E-state index in [9.17, 15) is 19.2 Å². The van der Waals surface area contributed by atoms with Crippen LogP contribution in [-0.2, 0) is 28.0 Å². The third-order valence-electron chi connectivity index (χ3n) is 12.5. The smallest absolute Gasteiger partial charge is 0.258 e.